The van der Waals surface area contributed by atoms with E-state index in [1.165, 1.54) is 0 Å². The minimum Gasteiger partial charge on any atom is -0.338 e. The fraction of sp³-hybridized carbons (Fsp3) is 0.250. The maximum atomic E-state index is 12.8. The van der Waals surface area contributed by atoms with Crippen molar-refractivity contribution in [3.63, 3.8) is 0 Å². The van der Waals surface area contributed by atoms with Crippen molar-refractivity contribution in [1.29, 1.82) is 0 Å². The highest BCUT2D eigenvalue weighted by atomic mass is 19.1. The number of hydrogen-bond donors (Lipinski definition) is 1. The number of terminal acetylenes is 1. The molecule has 1 atom stereocenters. The first-order valence-corrected chi connectivity index (χ1v) is 4.80. The molecule has 1 rings (SSSR count). The summed E-state index contributed by atoms with van der Waals surface area (Å²) in [5.41, 5.74) is -0.0776. The lowest BCUT2D eigenvalue weighted by Crippen LogP contribution is -2.33. The molecule has 0 fully saturated rings. The smallest absolute Gasteiger partial charge is 0.252 e. The molecule has 0 aliphatic carbocycles. The van der Waals surface area contributed by atoms with E-state index in [0.29, 0.717) is 12.5 Å². The van der Waals surface area contributed by atoms with Crippen LogP contribution in [-0.4, -0.2) is 11.9 Å². The van der Waals surface area contributed by atoms with Crippen LogP contribution >= 0.6 is 0 Å². The molecule has 0 heterocycles. The summed E-state index contributed by atoms with van der Waals surface area (Å²) in [6.07, 6.45) is 5.71. The Hall–Kier alpha value is -1.89. The predicted molar refractivity (Wildman–Crippen MR) is 56.7 cm³/mol. The molecule has 0 aromatic heterocycles. The Balaban J connectivity index is 2.85. The molecule has 1 amide bonds. The fourth-order valence-corrected chi connectivity index (χ4v) is 1.19. The zero-order valence-electron chi connectivity index (χ0n) is 8.76. The van der Waals surface area contributed by atoms with Crippen LogP contribution < -0.4 is 5.32 Å². The molecule has 4 heteroatoms. The molecular weight excluding hydrogens is 212 g/mol. The van der Waals surface area contributed by atoms with Crippen LogP contribution in [0.15, 0.2) is 18.2 Å². The van der Waals surface area contributed by atoms with Gasteiger partial charge in [-0.05, 0) is 18.6 Å². The van der Waals surface area contributed by atoms with Crippen molar-refractivity contribution in [3.8, 4) is 12.3 Å². The molecule has 1 unspecified atom stereocenters. The molecule has 0 saturated carbocycles. The number of benzene rings is 1. The van der Waals surface area contributed by atoms with Crippen LogP contribution in [0.4, 0.5) is 8.78 Å². The van der Waals surface area contributed by atoms with Gasteiger partial charge in [-0.1, -0.05) is 12.8 Å². The molecule has 1 aromatic carbocycles. The Morgan fingerprint density at radius 1 is 1.44 bits per heavy atom. The largest absolute Gasteiger partial charge is 0.338 e. The SMILES string of the molecule is C#CC(CC)NC(=O)c1cc(F)cc(F)c1. The fourth-order valence-electron chi connectivity index (χ4n) is 1.19. The predicted octanol–water partition coefficient (Wildman–Crippen LogP) is 2.11. The molecule has 16 heavy (non-hydrogen) atoms. The van der Waals surface area contributed by atoms with Crippen LogP contribution in [0.5, 0.6) is 0 Å². The number of carbonyl (C=O) groups is 1. The van der Waals surface area contributed by atoms with Crippen molar-refractivity contribution in [2.24, 2.45) is 0 Å². The van der Waals surface area contributed by atoms with Gasteiger partial charge in [0, 0.05) is 11.6 Å². The Morgan fingerprint density at radius 3 is 2.44 bits per heavy atom. The Bertz CT molecular complexity index is 417. The number of hydrogen-bond acceptors (Lipinski definition) is 1. The van der Waals surface area contributed by atoms with Gasteiger partial charge < -0.3 is 5.32 Å². The Kier molecular flexibility index (Phi) is 4.01. The molecule has 0 bridgehead atoms. The van der Waals surface area contributed by atoms with E-state index in [-0.39, 0.29) is 5.56 Å². The zero-order valence-corrected chi connectivity index (χ0v) is 8.76. The lowest BCUT2D eigenvalue weighted by molar-refractivity contribution is 0.0944. The molecule has 2 nitrogen and oxygen atoms in total. The average Bonchev–Trinajstić information content (AvgIpc) is 2.24. The van der Waals surface area contributed by atoms with Gasteiger partial charge in [0.05, 0.1) is 6.04 Å². The van der Waals surface area contributed by atoms with Crippen LogP contribution in [-0.2, 0) is 0 Å². The number of amides is 1. The lowest BCUT2D eigenvalue weighted by atomic mass is 10.1. The Morgan fingerprint density at radius 2 is 2.00 bits per heavy atom. The van der Waals surface area contributed by atoms with Gasteiger partial charge >= 0.3 is 0 Å². The van der Waals surface area contributed by atoms with E-state index in [0.717, 1.165) is 12.1 Å². The minimum absolute atomic E-state index is 0.0776. The maximum Gasteiger partial charge on any atom is 0.252 e. The molecule has 0 aliphatic heterocycles. The number of nitrogens with one attached hydrogen (secondary N) is 1. The van der Waals surface area contributed by atoms with Crippen LogP contribution in [0.25, 0.3) is 0 Å². The molecule has 0 aliphatic rings. The van der Waals surface area contributed by atoms with Gasteiger partial charge in [-0.3, -0.25) is 4.79 Å². The quantitative estimate of drug-likeness (QED) is 0.781. The third-order valence-electron chi connectivity index (χ3n) is 2.04. The van der Waals surface area contributed by atoms with E-state index in [4.69, 9.17) is 6.42 Å². The highest BCUT2D eigenvalue weighted by Crippen LogP contribution is 2.08. The van der Waals surface area contributed by atoms with Gasteiger partial charge in [0.1, 0.15) is 11.6 Å². The summed E-state index contributed by atoms with van der Waals surface area (Å²) in [4.78, 5) is 11.5. The third-order valence-corrected chi connectivity index (χ3v) is 2.04. The van der Waals surface area contributed by atoms with Crippen LogP contribution in [0.1, 0.15) is 23.7 Å². The number of rotatable bonds is 3. The second-order valence-electron chi connectivity index (χ2n) is 3.26. The van der Waals surface area contributed by atoms with Crippen molar-refractivity contribution >= 4 is 5.91 Å². The third kappa shape index (κ3) is 3.06. The standard InChI is InChI=1S/C12H11F2NO/c1-3-11(4-2)15-12(16)8-5-9(13)7-10(14)6-8/h1,5-7,11H,4H2,2H3,(H,15,16). The molecule has 1 aromatic rings. The summed E-state index contributed by atoms with van der Waals surface area (Å²) >= 11 is 0. The van der Waals surface area contributed by atoms with E-state index in [2.05, 4.69) is 11.2 Å². The first-order valence-electron chi connectivity index (χ1n) is 4.80. The van der Waals surface area contributed by atoms with Gasteiger partial charge in [0.2, 0.25) is 0 Å². The van der Waals surface area contributed by atoms with E-state index < -0.39 is 23.6 Å². The minimum atomic E-state index is -0.793. The van der Waals surface area contributed by atoms with E-state index >= 15 is 0 Å². The summed E-state index contributed by atoms with van der Waals surface area (Å²) in [5.74, 6) is 0.196. The lowest BCUT2D eigenvalue weighted by Gasteiger charge is -2.10. The molecule has 0 radical (unpaired) electrons. The van der Waals surface area contributed by atoms with Crippen molar-refractivity contribution in [2.75, 3.05) is 0 Å². The zero-order chi connectivity index (χ0) is 12.1. The highest BCUT2D eigenvalue weighted by molar-refractivity contribution is 5.94. The molecule has 1 N–H and O–H groups in total. The van der Waals surface area contributed by atoms with Crippen molar-refractivity contribution < 1.29 is 13.6 Å². The summed E-state index contributed by atoms with van der Waals surface area (Å²) < 4.78 is 25.7. The first kappa shape index (κ1) is 12.2. The summed E-state index contributed by atoms with van der Waals surface area (Å²) in [6, 6.07) is 2.19. The summed E-state index contributed by atoms with van der Waals surface area (Å²) in [7, 11) is 0. The van der Waals surface area contributed by atoms with Gasteiger partial charge in [0.15, 0.2) is 0 Å². The van der Waals surface area contributed by atoms with Gasteiger partial charge in [0.25, 0.3) is 5.91 Å². The van der Waals surface area contributed by atoms with E-state index in [9.17, 15) is 13.6 Å². The van der Waals surface area contributed by atoms with E-state index in [1.54, 1.807) is 6.92 Å². The number of halogens is 2. The van der Waals surface area contributed by atoms with Gasteiger partial charge in [-0.15, -0.1) is 6.42 Å². The molecule has 0 spiro atoms. The van der Waals surface area contributed by atoms with Crippen molar-refractivity contribution in [1.82, 2.24) is 5.32 Å². The second kappa shape index (κ2) is 5.26. The van der Waals surface area contributed by atoms with Gasteiger partial charge in [-0.2, -0.15) is 0 Å². The van der Waals surface area contributed by atoms with Crippen molar-refractivity contribution in [2.45, 2.75) is 19.4 Å². The van der Waals surface area contributed by atoms with Crippen LogP contribution in [0.3, 0.4) is 0 Å². The normalized spacial score (nSPS) is 11.6. The van der Waals surface area contributed by atoms with Gasteiger partial charge in [-0.25, -0.2) is 8.78 Å². The first-order chi connectivity index (χ1) is 7.56. The average molecular weight is 223 g/mol. The Labute approximate surface area is 92.7 Å². The van der Waals surface area contributed by atoms with Crippen LogP contribution in [0, 0.1) is 24.0 Å². The molecule has 0 saturated heterocycles. The molecule has 84 valence electrons. The van der Waals surface area contributed by atoms with Crippen molar-refractivity contribution in [3.05, 3.63) is 35.4 Å². The summed E-state index contributed by atoms with van der Waals surface area (Å²) in [5, 5.41) is 2.48. The number of carbonyl (C=O) groups excluding carboxylic acids is 1. The second-order valence-corrected chi connectivity index (χ2v) is 3.26. The highest BCUT2D eigenvalue weighted by Gasteiger charge is 2.11. The topological polar surface area (TPSA) is 29.1 Å². The van der Waals surface area contributed by atoms with Crippen LogP contribution in [0.2, 0.25) is 0 Å². The molecular formula is C12H11F2NO. The summed E-state index contributed by atoms with van der Waals surface area (Å²) in [6.45, 7) is 1.80. The maximum absolute atomic E-state index is 12.8. The monoisotopic (exact) mass is 223 g/mol. The van der Waals surface area contributed by atoms with E-state index in [1.807, 2.05) is 0 Å².